The average molecular weight is 405 g/mol. The first kappa shape index (κ1) is 24.0. The van der Waals surface area contributed by atoms with Crippen molar-refractivity contribution in [2.45, 2.75) is 72.3 Å². The molecular weight excluding hydrogens is 364 g/mol. The Morgan fingerprint density at radius 3 is 2.45 bits per heavy atom. The number of methoxy groups -OCH3 is 1. The maximum atomic E-state index is 11.8. The van der Waals surface area contributed by atoms with Gasteiger partial charge >= 0.3 is 0 Å². The van der Waals surface area contributed by atoms with Crippen LogP contribution < -0.4 is 0 Å². The molecule has 4 heteroatoms. The van der Waals surface area contributed by atoms with Crippen LogP contribution in [0.25, 0.3) is 0 Å². The fourth-order valence-electron chi connectivity index (χ4n) is 7.10. The molecule has 3 saturated carbocycles. The van der Waals surface area contributed by atoms with E-state index < -0.39 is 0 Å². The number of aliphatic hydroxyl groups is 1. The number of fused-ring (bicyclic) bond motifs is 5. The summed E-state index contributed by atoms with van der Waals surface area (Å²) < 4.78 is 4.54. The van der Waals surface area contributed by atoms with Gasteiger partial charge in [-0.2, -0.15) is 0 Å². The number of allylic oxidation sites excluding steroid dienone is 4. The van der Waals surface area contributed by atoms with Crippen molar-refractivity contribution in [1.82, 2.24) is 0 Å². The van der Waals surface area contributed by atoms with Crippen molar-refractivity contribution < 1.29 is 19.4 Å². The summed E-state index contributed by atoms with van der Waals surface area (Å²) in [5.74, 6) is 2.56. The Morgan fingerprint density at radius 2 is 1.86 bits per heavy atom. The van der Waals surface area contributed by atoms with Crippen molar-refractivity contribution in [1.29, 1.82) is 0 Å². The molecule has 7 unspecified atom stereocenters. The lowest BCUT2D eigenvalue weighted by atomic mass is 9.47. The second-order valence-electron chi connectivity index (χ2n) is 9.56. The molecule has 29 heavy (non-hydrogen) atoms. The van der Waals surface area contributed by atoms with Crippen LogP contribution in [-0.4, -0.2) is 37.5 Å². The first-order chi connectivity index (χ1) is 13.8. The minimum atomic E-state index is -0.236. The van der Waals surface area contributed by atoms with Crippen LogP contribution in [0.3, 0.4) is 0 Å². The highest BCUT2D eigenvalue weighted by Crippen LogP contribution is 2.66. The molecule has 4 rings (SSSR count). The van der Waals surface area contributed by atoms with E-state index in [-0.39, 0.29) is 17.3 Å². The number of ether oxygens (including phenoxy) is 1. The van der Waals surface area contributed by atoms with Gasteiger partial charge < -0.3 is 14.6 Å². The number of rotatable bonds is 2. The van der Waals surface area contributed by atoms with E-state index >= 15 is 0 Å². The van der Waals surface area contributed by atoms with Crippen LogP contribution in [0.1, 0.15) is 66.2 Å². The Hall–Kier alpha value is -1.26. The molecule has 164 valence electrons. The van der Waals surface area contributed by atoms with E-state index in [1.165, 1.54) is 24.8 Å². The van der Waals surface area contributed by atoms with Crippen LogP contribution in [0.15, 0.2) is 23.8 Å². The van der Waals surface area contributed by atoms with Crippen molar-refractivity contribution in [2.75, 3.05) is 13.7 Å². The van der Waals surface area contributed by atoms with Crippen LogP contribution in [0.2, 0.25) is 0 Å². The van der Waals surface area contributed by atoms with Gasteiger partial charge in [-0.1, -0.05) is 38.8 Å². The van der Waals surface area contributed by atoms with Gasteiger partial charge in [-0.05, 0) is 74.3 Å². The Morgan fingerprint density at radius 1 is 1.21 bits per heavy atom. The zero-order valence-corrected chi connectivity index (χ0v) is 18.9. The molecule has 4 aliphatic carbocycles. The van der Waals surface area contributed by atoms with Crippen molar-refractivity contribution in [3.63, 3.8) is 0 Å². The summed E-state index contributed by atoms with van der Waals surface area (Å²) in [5.41, 5.74) is 1.47. The molecule has 0 spiro atoms. The van der Waals surface area contributed by atoms with E-state index in [1.807, 2.05) is 19.8 Å². The summed E-state index contributed by atoms with van der Waals surface area (Å²) in [7, 11) is 1.68. The second kappa shape index (κ2) is 9.70. The number of carbonyl (C=O) groups excluding carboxylic acids is 2. The minimum absolute atomic E-state index is 0.109. The van der Waals surface area contributed by atoms with Crippen molar-refractivity contribution in [3.05, 3.63) is 23.8 Å². The van der Waals surface area contributed by atoms with E-state index in [1.54, 1.807) is 13.2 Å². The molecule has 0 bridgehead atoms. The number of ketones is 1. The lowest BCUT2D eigenvalue weighted by Crippen LogP contribution is -2.55. The molecule has 0 heterocycles. The zero-order valence-electron chi connectivity index (χ0n) is 18.9. The average Bonchev–Trinajstić information content (AvgIpc) is 3.05. The second-order valence-corrected chi connectivity index (χ2v) is 9.56. The largest absolute Gasteiger partial charge is 0.393 e. The van der Waals surface area contributed by atoms with Crippen molar-refractivity contribution in [3.8, 4) is 0 Å². The van der Waals surface area contributed by atoms with Crippen molar-refractivity contribution in [2.24, 2.45) is 34.5 Å². The molecule has 7 atom stereocenters. The van der Waals surface area contributed by atoms with E-state index in [4.69, 9.17) is 4.79 Å². The zero-order chi connectivity index (χ0) is 21.8. The SMILES string of the molecule is C=O.CCC1CCC2C3CCC4=CC(=O)C=CC4(C)C3C(O)CC12C.CCOC. The molecule has 0 radical (unpaired) electrons. The van der Waals surface area contributed by atoms with Gasteiger partial charge in [-0.3, -0.25) is 4.79 Å². The number of hydrogen-bond donors (Lipinski definition) is 1. The van der Waals surface area contributed by atoms with Gasteiger partial charge in [0, 0.05) is 25.0 Å². The Labute approximate surface area is 176 Å². The highest BCUT2D eigenvalue weighted by molar-refractivity contribution is 6.01. The minimum Gasteiger partial charge on any atom is -0.393 e. The van der Waals surface area contributed by atoms with Crippen molar-refractivity contribution >= 4 is 12.6 Å². The van der Waals surface area contributed by atoms with Gasteiger partial charge in [0.25, 0.3) is 0 Å². The highest BCUT2D eigenvalue weighted by atomic mass is 16.5. The van der Waals surface area contributed by atoms with E-state index in [0.29, 0.717) is 17.3 Å². The third-order valence-corrected chi connectivity index (χ3v) is 8.47. The summed E-state index contributed by atoms with van der Waals surface area (Å²) in [4.78, 5) is 19.8. The predicted molar refractivity (Wildman–Crippen MR) is 116 cm³/mol. The maximum absolute atomic E-state index is 11.8. The molecule has 0 aromatic heterocycles. The summed E-state index contributed by atoms with van der Waals surface area (Å²) in [6.07, 6.45) is 12.5. The molecule has 1 N–H and O–H groups in total. The van der Waals surface area contributed by atoms with Gasteiger partial charge in [0.05, 0.1) is 6.10 Å². The van der Waals surface area contributed by atoms with Crippen LogP contribution in [-0.2, 0) is 14.3 Å². The molecule has 0 aromatic rings. The molecular formula is C25H40O4. The van der Waals surface area contributed by atoms with Gasteiger partial charge in [-0.25, -0.2) is 0 Å². The fourth-order valence-corrected chi connectivity index (χ4v) is 7.10. The first-order valence-electron chi connectivity index (χ1n) is 11.2. The molecule has 4 aliphatic rings. The fraction of sp³-hybridized carbons (Fsp3) is 0.760. The first-order valence-corrected chi connectivity index (χ1v) is 11.2. The molecule has 0 aromatic carbocycles. The van der Waals surface area contributed by atoms with E-state index in [2.05, 4.69) is 31.6 Å². The van der Waals surface area contributed by atoms with Gasteiger partial charge in [0.1, 0.15) is 6.79 Å². The quantitative estimate of drug-likeness (QED) is 0.721. The van der Waals surface area contributed by atoms with Crippen LogP contribution in [0, 0.1) is 34.5 Å². The Kier molecular flexibility index (Phi) is 8.03. The third-order valence-electron chi connectivity index (χ3n) is 8.47. The molecule has 3 fully saturated rings. The van der Waals surface area contributed by atoms with Crippen LogP contribution in [0.4, 0.5) is 0 Å². The number of carbonyl (C=O) groups is 2. The molecule has 4 nitrogen and oxygen atoms in total. The van der Waals surface area contributed by atoms with E-state index in [0.717, 1.165) is 37.7 Å². The third kappa shape index (κ3) is 4.16. The number of hydrogen-bond acceptors (Lipinski definition) is 4. The molecule has 0 aliphatic heterocycles. The Balaban J connectivity index is 0.000000449. The van der Waals surface area contributed by atoms with E-state index in [9.17, 15) is 9.90 Å². The Bertz CT molecular complexity index is 637. The lowest BCUT2D eigenvalue weighted by molar-refractivity contribution is -0.118. The smallest absolute Gasteiger partial charge is 0.178 e. The monoisotopic (exact) mass is 404 g/mol. The highest BCUT2D eigenvalue weighted by Gasteiger charge is 2.60. The maximum Gasteiger partial charge on any atom is 0.178 e. The summed E-state index contributed by atoms with van der Waals surface area (Å²) in [6, 6.07) is 0. The summed E-state index contributed by atoms with van der Waals surface area (Å²) in [5, 5.41) is 11.2. The molecule has 0 amide bonds. The lowest BCUT2D eigenvalue weighted by Gasteiger charge is -2.58. The number of aliphatic hydroxyl groups excluding tert-OH is 1. The normalized spacial score (nSPS) is 42.2. The predicted octanol–water partition coefficient (Wildman–Crippen LogP) is 4.76. The van der Waals surface area contributed by atoms with Gasteiger partial charge in [-0.15, -0.1) is 0 Å². The standard InChI is InChI=1S/C21H30O2.C3H8O.CH2O/c1-4-13-6-8-17-16-7-5-14-11-15(22)9-10-20(14,2)19(16)18(23)12-21(13,17)3;1-3-4-2;1-2/h9-11,13,16-19,23H,4-8,12H2,1-3H3;3H2,1-2H3;1H2. The summed E-state index contributed by atoms with van der Waals surface area (Å²) in [6.45, 7) is 11.8. The van der Waals surface area contributed by atoms with Gasteiger partial charge in [0.15, 0.2) is 5.78 Å². The van der Waals surface area contributed by atoms with Crippen LogP contribution in [0.5, 0.6) is 0 Å². The van der Waals surface area contributed by atoms with Gasteiger partial charge in [0.2, 0.25) is 0 Å². The summed E-state index contributed by atoms with van der Waals surface area (Å²) >= 11 is 0. The topological polar surface area (TPSA) is 63.6 Å². The van der Waals surface area contributed by atoms with Crippen LogP contribution >= 0.6 is 0 Å². The molecule has 0 saturated heterocycles.